The fraction of sp³-hybridized carbons (Fsp3) is 0.167. The van der Waals surface area contributed by atoms with Gasteiger partial charge in [0.15, 0.2) is 0 Å². The molecule has 1 amide bonds. The first kappa shape index (κ1) is 15.0. The molecule has 0 aliphatic rings. The molecule has 2 heterocycles. The molecule has 0 unspecified atom stereocenters. The Balaban J connectivity index is 1.74. The third-order valence-corrected chi connectivity index (χ3v) is 3.56. The van der Waals surface area contributed by atoms with Crippen molar-refractivity contribution >= 4 is 22.7 Å². The van der Waals surface area contributed by atoms with Crippen molar-refractivity contribution in [3.63, 3.8) is 0 Å². The number of hydrogen-bond acceptors (Lipinski definition) is 4. The van der Waals surface area contributed by atoms with Gasteiger partial charge < -0.3 is 4.74 Å². The molecule has 0 atom stereocenters. The van der Waals surface area contributed by atoms with Crippen molar-refractivity contribution in [1.29, 1.82) is 0 Å². The number of carbonyl (C=O) groups is 1. The summed E-state index contributed by atoms with van der Waals surface area (Å²) in [4.78, 5) is 20.7. The van der Waals surface area contributed by atoms with Crippen LogP contribution in [0.2, 0.25) is 0 Å². The third-order valence-electron chi connectivity index (χ3n) is 3.56. The first-order valence-corrected chi connectivity index (χ1v) is 7.34. The number of hydrogen-bond donors (Lipinski definition) is 1. The van der Waals surface area contributed by atoms with Gasteiger partial charge in [-0.1, -0.05) is 24.3 Å². The molecule has 0 radical (unpaired) electrons. The van der Waals surface area contributed by atoms with E-state index in [9.17, 15) is 4.79 Å². The summed E-state index contributed by atoms with van der Waals surface area (Å²) in [5.74, 6) is 0. The molecule has 0 fully saturated rings. The average molecular weight is 307 g/mol. The fourth-order valence-electron chi connectivity index (χ4n) is 2.37. The Morgan fingerprint density at radius 1 is 1.17 bits per heavy atom. The van der Waals surface area contributed by atoms with E-state index in [1.807, 2.05) is 56.3 Å². The van der Waals surface area contributed by atoms with Crippen molar-refractivity contribution in [1.82, 2.24) is 9.97 Å². The molecule has 116 valence electrons. The molecular formula is C18H17N3O2. The zero-order valence-electron chi connectivity index (χ0n) is 13.0. The van der Waals surface area contributed by atoms with Gasteiger partial charge in [-0.2, -0.15) is 0 Å². The van der Waals surface area contributed by atoms with Gasteiger partial charge in [-0.05, 0) is 32.0 Å². The number of nitrogens with zero attached hydrogens (tertiary/aromatic N) is 2. The Hall–Kier alpha value is -2.95. The second kappa shape index (κ2) is 6.44. The number of aromatic nitrogens is 2. The lowest BCUT2D eigenvalue weighted by atomic mass is 10.1. The number of benzene rings is 1. The first-order valence-electron chi connectivity index (χ1n) is 7.34. The van der Waals surface area contributed by atoms with Gasteiger partial charge in [0.1, 0.15) is 6.61 Å². The van der Waals surface area contributed by atoms with Crippen LogP contribution in [0.3, 0.4) is 0 Å². The number of ether oxygens (including phenoxy) is 1. The van der Waals surface area contributed by atoms with Gasteiger partial charge in [-0.15, -0.1) is 0 Å². The standard InChI is InChI=1S/C18H17N3O2/c1-12-10-17(15-7-3-4-8-16(15)20-12)21-18(22)23-11-14-6-5-9-19-13(14)2/h3-10H,11H2,1-2H3,(H,20,21,22). The molecule has 0 spiro atoms. The summed E-state index contributed by atoms with van der Waals surface area (Å²) >= 11 is 0. The van der Waals surface area contributed by atoms with Crippen LogP contribution >= 0.6 is 0 Å². The van der Waals surface area contributed by atoms with Crippen LogP contribution in [0.25, 0.3) is 10.9 Å². The first-order chi connectivity index (χ1) is 11.1. The van der Waals surface area contributed by atoms with Crippen molar-refractivity contribution in [2.75, 3.05) is 5.32 Å². The zero-order valence-corrected chi connectivity index (χ0v) is 13.0. The van der Waals surface area contributed by atoms with E-state index in [0.717, 1.165) is 27.9 Å². The average Bonchev–Trinajstić information content (AvgIpc) is 2.54. The molecule has 5 nitrogen and oxygen atoms in total. The molecular weight excluding hydrogens is 290 g/mol. The van der Waals surface area contributed by atoms with Crippen LogP contribution in [0.4, 0.5) is 10.5 Å². The molecule has 3 aromatic rings. The maximum Gasteiger partial charge on any atom is 0.411 e. The topological polar surface area (TPSA) is 64.1 Å². The summed E-state index contributed by atoms with van der Waals surface area (Å²) in [6.45, 7) is 3.96. The summed E-state index contributed by atoms with van der Waals surface area (Å²) in [6.07, 6.45) is 1.22. The highest BCUT2D eigenvalue weighted by Gasteiger charge is 2.09. The SMILES string of the molecule is Cc1cc(NC(=O)OCc2cccnc2C)c2ccccc2n1. The lowest BCUT2D eigenvalue weighted by Crippen LogP contribution is -2.14. The maximum absolute atomic E-state index is 12.1. The number of rotatable bonds is 3. The van der Waals surface area contributed by atoms with Gasteiger partial charge >= 0.3 is 6.09 Å². The van der Waals surface area contributed by atoms with Gasteiger partial charge in [0, 0.05) is 28.5 Å². The second-order valence-corrected chi connectivity index (χ2v) is 5.28. The highest BCUT2D eigenvalue weighted by Crippen LogP contribution is 2.23. The third kappa shape index (κ3) is 3.45. The van der Waals surface area contributed by atoms with Gasteiger partial charge in [0.2, 0.25) is 0 Å². The number of amides is 1. The quantitative estimate of drug-likeness (QED) is 0.794. The van der Waals surface area contributed by atoms with Crippen LogP contribution in [0.5, 0.6) is 0 Å². The minimum atomic E-state index is -0.496. The van der Waals surface area contributed by atoms with E-state index in [1.54, 1.807) is 6.20 Å². The van der Waals surface area contributed by atoms with Crippen LogP contribution in [0.1, 0.15) is 17.0 Å². The van der Waals surface area contributed by atoms with Gasteiger partial charge in [0.05, 0.1) is 11.2 Å². The smallest absolute Gasteiger partial charge is 0.411 e. The Labute approximate surface area is 134 Å². The van der Waals surface area contributed by atoms with E-state index < -0.39 is 6.09 Å². The second-order valence-electron chi connectivity index (χ2n) is 5.28. The molecule has 2 aromatic heterocycles. The molecule has 0 aliphatic heterocycles. The minimum absolute atomic E-state index is 0.188. The summed E-state index contributed by atoms with van der Waals surface area (Å²) < 4.78 is 5.29. The number of carbonyl (C=O) groups excluding carboxylic acids is 1. The molecule has 23 heavy (non-hydrogen) atoms. The maximum atomic E-state index is 12.1. The van der Waals surface area contributed by atoms with Crippen molar-refractivity contribution in [2.24, 2.45) is 0 Å². The Bertz CT molecular complexity index is 862. The van der Waals surface area contributed by atoms with Crippen LogP contribution in [-0.4, -0.2) is 16.1 Å². The number of fused-ring (bicyclic) bond motifs is 1. The Morgan fingerprint density at radius 3 is 2.83 bits per heavy atom. The van der Waals surface area contributed by atoms with Crippen LogP contribution in [-0.2, 0) is 11.3 Å². The predicted molar refractivity (Wildman–Crippen MR) is 89.3 cm³/mol. The van der Waals surface area contributed by atoms with Crippen LogP contribution in [0, 0.1) is 13.8 Å². The molecule has 0 bridgehead atoms. The fourth-order valence-corrected chi connectivity index (χ4v) is 2.37. The van der Waals surface area contributed by atoms with Crippen LogP contribution < -0.4 is 5.32 Å². The minimum Gasteiger partial charge on any atom is -0.444 e. The largest absolute Gasteiger partial charge is 0.444 e. The van der Waals surface area contributed by atoms with E-state index in [4.69, 9.17) is 4.74 Å². The van der Waals surface area contributed by atoms with Gasteiger partial charge in [0.25, 0.3) is 0 Å². The van der Waals surface area contributed by atoms with E-state index >= 15 is 0 Å². The highest BCUT2D eigenvalue weighted by atomic mass is 16.5. The summed E-state index contributed by atoms with van der Waals surface area (Å²) in [5.41, 5.74) is 4.11. The van der Waals surface area contributed by atoms with Crippen molar-refractivity contribution in [3.05, 3.63) is 65.6 Å². The van der Waals surface area contributed by atoms with E-state index in [1.165, 1.54) is 0 Å². The summed E-state index contributed by atoms with van der Waals surface area (Å²) in [6, 6.07) is 13.2. The lowest BCUT2D eigenvalue weighted by molar-refractivity contribution is 0.155. The lowest BCUT2D eigenvalue weighted by Gasteiger charge is -2.11. The number of para-hydroxylation sites is 1. The molecule has 1 aromatic carbocycles. The van der Waals surface area contributed by atoms with E-state index in [-0.39, 0.29) is 6.61 Å². The monoisotopic (exact) mass is 307 g/mol. The molecule has 1 N–H and O–H groups in total. The molecule has 0 saturated heterocycles. The van der Waals surface area contributed by atoms with E-state index in [0.29, 0.717) is 5.69 Å². The predicted octanol–water partition coefficient (Wildman–Crippen LogP) is 4.00. The Kier molecular flexibility index (Phi) is 4.19. The summed E-state index contributed by atoms with van der Waals surface area (Å²) in [5, 5.41) is 3.68. The molecule has 0 saturated carbocycles. The number of nitrogens with one attached hydrogen (secondary N) is 1. The molecule has 5 heteroatoms. The highest BCUT2D eigenvalue weighted by molar-refractivity contribution is 5.98. The Morgan fingerprint density at radius 2 is 2.00 bits per heavy atom. The van der Waals surface area contributed by atoms with Crippen LogP contribution in [0.15, 0.2) is 48.7 Å². The summed E-state index contributed by atoms with van der Waals surface area (Å²) in [7, 11) is 0. The normalized spacial score (nSPS) is 10.5. The zero-order chi connectivity index (χ0) is 16.2. The number of anilines is 1. The van der Waals surface area contributed by atoms with Gasteiger partial charge in [-0.25, -0.2) is 4.79 Å². The number of pyridine rings is 2. The van der Waals surface area contributed by atoms with Gasteiger partial charge in [-0.3, -0.25) is 15.3 Å². The van der Waals surface area contributed by atoms with Crippen molar-refractivity contribution < 1.29 is 9.53 Å². The number of aryl methyl sites for hydroxylation is 2. The molecule has 0 aliphatic carbocycles. The molecule has 3 rings (SSSR count). The van der Waals surface area contributed by atoms with E-state index in [2.05, 4.69) is 15.3 Å². The van der Waals surface area contributed by atoms with Crippen molar-refractivity contribution in [3.8, 4) is 0 Å². The van der Waals surface area contributed by atoms with Crippen molar-refractivity contribution in [2.45, 2.75) is 20.5 Å².